The zero-order chi connectivity index (χ0) is 10.8. The molecule has 0 unspecified atom stereocenters. The van der Waals surface area contributed by atoms with Crippen LogP contribution in [0.5, 0.6) is 0 Å². The SMILES string of the molecule is Cc1sc(C(=O)c2cscn2)cc1C=O. The van der Waals surface area contributed by atoms with Crippen molar-refractivity contribution in [2.24, 2.45) is 0 Å². The number of hydrogen-bond acceptors (Lipinski definition) is 5. The number of carbonyl (C=O) groups excluding carboxylic acids is 2. The van der Waals surface area contributed by atoms with Crippen molar-refractivity contribution in [1.82, 2.24) is 4.98 Å². The van der Waals surface area contributed by atoms with Gasteiger partial charge in [-0.3, -0.25) is 9.59 Å². The zero-order valence-electron chi connectivity index (χ0n) is 7.89. The van der Waals surface area contributed by atoms with E-state index in [0.717, 1.165) is 11.2 Å². The van der Waals surface area contributed by atoms with Crippen LogP contribution in [0.25, 0.3) is 0 Å². The topological polar surface area (TPSA) is 47.0 Å². The maximum atomic E-state index is 11.8. The van der Waals surface area contributed by atoms with Crippen molar-refractivity contribution >= 4 is 34.7 Å². The van der Waals surface area contributed by atoms with Crippen molar-refractivity contribution in [3.05, 3.63) is 38.0 Å². The Balaban J connectivity index is 2.38. The van der Waals surface area contributed by atoms with Gasteiger partial charge < -0.3 is 0 Å². The molecular formula is C10H7NO2S2. The molecule has 0 N–H and O–H groups in total. The quantitative estimate of drug-likeness (QED) is 0.609. The van der Waals surface area contributed by atoms with Crippen molar-refractivity contribution < 1.29 is 9.59 Å². The van der Waals surface area contributed by atoms with Crippen molar-refractivity contribution in [1.29, 1.82) is 0 Å². The molecule has 76 valence electrons. The predicted octanol–water partition coefficient (Wildman–Crippen LogP) is 2.56. The van der Waals surface area contributed by atoms with Gasteiger partial charge >= 0.3 is 0 Å². The van der Waals surface area contributed by atoms with E-state index in [1.165, 1.54) is 22.7 Å². The molecule has 2 rings (SSSR count). The first-order chi connectivity index (χ1) is 7.22. The highest BCUT2D eigenvalue weighted by molar-refractivity contribution is 7.14. The van der Waals surface area contributed by atoms with E-state index in [-0.39, 0.29) is 5.78 Å². The molecule has 0 saturated heterocycles. The number of hydrogen-bond donors (Lipinski definition) is 0. The molecule has 0 radical (unpaired) electrons. The normalized spacial score (nSPS) is 10.2. The maximum Gasteiger partial charge on any atom is 0.222 e. The van der Waals surface area contributed by atoms with E-state index in [1.807, 2.05) is 6.92 Å². The largest absolute Gasteiger partial charge is 0.298 e. The van der Waals surface area contributed by atoms with E-state index in [2.05, 4.69) is 4.98 Å². The van der Waals surface area contributed by atoms with Crippen LogP contribution in [0, 0.1) is 6.92 Å². The Bertz CT molecular complexity index is 499. The van der Waals surface area contributed by atoms with Gasteiger partial charge in [0.2, 0.25) is 5.78 Å². The number of aldehydes is 1. The van der Waals surface area contributed by atoms with Crippen LogP contribution in [-0.4, -0.2) is 17.1 Å². The number of rotatable bonds is 3. The molecule has 2 heterocycles. The maximum absolute atomic E-state index is 11.8. The minimum absolute atomic E-state index is 0.113. The molecule has 2 aromatic rings. The minimum atomic E-state index is -0.113. The first-order valence-electron chi connectivity index (χ1n) is 4.21. The fraction of sp³-hybridized carbons (Fsp3) is 0.100. The summed E-state index contributed by atoms with van der Waals surface area (Å²) in [6.45, 7) is 1.83. The molecule has 0 fully saturated rings. The smallest absolute Gasteiger partial charge is 0.222 e. The summed E-state index contributed by atoms with van der Waals surface area (Å²) in [6.07, 6.45) is 0.768. The van der Waals surface area contributed by atoms with Gasteiger partial charge in [-0.05, 0) is 13.0 Å². The van der Waals surface area contributed by atoms with E-state index in [9.17, 15) is 9.59 Å². The second kappa shape index (κ2) is 4.04. The second-order valence-electron chi connectivity index (χ2n) is 2.94. The molecule has 5 heteroatoms. The van der Waals surface area contributed by atoms with Crippen LogP contribution >= 0.6 is 22.7 Å². The number of nitrogens with zero attached hydrogens (tertiary/aromatic N) is 1. The van der Waals surface area contributed by atoms with Crippen molar-refractivity contribution in [2.75, 3.05) is 0 Å². The van der Waals surface area contributed by atoms with Gasteiger partial charge in [-0.2, -0.15) is 0 Å². The van der Waals surface area contributed by atoms with Gasteiger partial charge in [0.1, 0.15) is 5.69 Å². The first-order valence-corrected chi connectivity index (χ1v) is 5.97. The zero-order valence-corrected chi connectivity index (χ0v) is 9.52. The summed E-state index contributed by atoms with van der Waals surface area (Å²) >= 11 is 2.71. The molecule has 3 nitrogen and oxygen atoms in total. The van der Waals surface area contributed by atoms with E-state index in [4.69, 9.17) is 0 Å². The fourth-order valence-electron chi connectivity index (χ4n) is 1.18. The number of aryl methyl sites for hydroxylation is 1. The number of aromatic nitrogens is 1. The van der Waals surface area contributed by atoms with Gasteiger partial charge in [0.15, 0.2) is 6.29 Å². The molecule has 0 spiro atoms. The standard InChI is InChI=1S/C10H7NO2S2/c1-6-7(3-12)2-9(15-6)10(13)8-4-14-5-11-8/h2-5H,1H3. The fourth-order valence-corrected chi connectivity index (χ4v) is 2.65. The Morgan fingerprint density at radius 2 is 2.33 bits per heavy atom. The molecule has 0 atom stereocenters. The second-order valence-corrected chi connectivity index (χ2v) is 4.92. The molecule has 0 aromatic carbocycles. The molecule has 0 aliphatic rings. The molecule has 0 saturated carbocycles. The summed E-state index contributed by atoms with van der Waals surface area (Å²) in [5, 5.41) is 1.71. The minimum Gasteiger partial charge on any atom is -0.298 e. The van der Waals surface area contributed by atoms with Crippen LogP contribution < -0.4 is 0 Å². The molecular weight excluding hydrogens is 230 g/mol. The summed E-state index contributed by atoms with van der Waals surface area (Å²) in [4.78, 5) is 27.8. The van der Waals surface area contributed by atoms with Gasteiger partial charge in [0.05, 0.1) is 10.4 Å². The van der Waals surface area contributed by atoms with Crippen molar-refractivity contribution in [3.8, 4) is 0 Å². The monoisotopic (exact) mass is 237 g/mol. The highest BCUT2D eigenvalue weighted by atomic mass is 32.1. The molecule has 0 aliphatic carbocycles. The highest BCUT2D eigenvalue weighted by Crippen LogP contribution is 2.22. The van der Waals surface area contributed by atoms with Crippen molar-refractivity contribution in [2.45, 2.75) is 6.92 Å². The third-order valence-electron chi connectivity index (χ3n) is 1.97. The van der Waals surface area contributed by atoms with Gasteiger partial charge in [-0.25, -0.2) is 4.98 Å². The molecule has 0 aliphatic heterocycles. The molecule has 15 heavy (non-hydrogen) atoms. The van der Waals surface area contributed by atoms with Crippen molar-refractivity contribution in [3.63, 3.8) is 0 Å². The van der Waals surface area contributed by atoms with Crippen LogP contribution in [0.4, 0.5) is 0 Å². The molecule has 0 amide bonds. The van der Waals surface area contributed by atoms with Gasteiger partial charge in [0.25, 0.3) is 0 Å². The lowest BCUT2D eigenvalue weighted by Crippen LogP contribution is -1.98. The first kappa shape index (κ1) is 10.2. The van der Waals surface area contributed by atoms with Crippen LogP contribution in [-0.2, 0) is 0 Å². The Hall–Kier alpha value is -1.33. The lowest BCUT2D eigenvalue weighted by molar-refractivity contribution is 0.103. The molecule has 2 aromatic heterocycles. The Kier molecular flexibility index (Phi) is 2.75. The number of carbonyl (C=O) groups is 2. The Morgan fingerprint density at radius 3 is 2.87 bits per heavy atom. The Morgan fingerprint density at radius 1 is 1.53 bits per heavy atom. The van der Waals surface area contributed by atoms with E-state index >= 15 is 0 Å². The van der Waals surface area contributed by atoms with Crippen LogP contribution in [0.2, 0.25) is 0 Å². The Labute approximate surface area is 94.4 Å². The van der Waals surface area contributed by atoms with E-state index in [0.29, 0.717) is 16.1 Å². The lowest BCUT2D eigenvalue weighted by Gasteiger charge is -1.89. The summed E-state index contributed by atoms with van der Waals surface area (Å²) in [6, 6.07) is 1.62. The number of thiophene rings is 1. The van der Waals surface area contributed by atoms with Crippen LogP contribution in [0.1, 0.15) is 30.6 Å². The van der Waals surface area contributed by atoms with Gasteiger partial charge in [0, 0.05) is 15.8 Å². The summed E-state index contributed by atoms with van der Waals surface area (Å²) in [5.74, 6) is -0.113. The van der Waals surface area contributed by atoms with Crippen LogP contribution in [0.3, 0.4) is 0 Å². The summed E-state index contributed by atoms with van der Waals surface area (Å²) in [5.41, 5.74) is 2.64. The predicted molar refractivity (Wildman–Crippen MR) is 60.0 cm³/mol. The number of ketones is 1. The summed E-state index contributed by atoms with van der Waals surface area (Å²) < 4.78 is 0. The lowest BCUT2D eigenvalue weighted by atomic mass is 10.2. The molecule has 0 bridgehead atoms. The number of thiazole rings is 1. The highest BCUT2D eigenvalue weighted by Gasteiger charge is 2.15. The van der Waals surface area contributed by atoms with E-state index < -0.39 is 0 Å². The van der Waals surface area contributed by atoms with Gasteiger partial charge in [-0.1, -0.05) is 0 Å². The average Bonchev–Trinajstić information content (AvgIpc) is 2.85. The third kappa shape index (κ3) is 1.88. The van der Waals surface area contributed by atoms with E-state index in [1.54, 1.807) is 17.0 Å². The van der Waals surface area contributed by atoms with Crippen LogP contribution in [0.15, 0.2) is 17.0 Å². The average molecular weight is 237 g/mol. The van der Waals surface area contributed by atoms with Gasteiger partial charge in [-0.15, -0.1) is 22.7 Å². The summed E-state index contributed by atoms with van der Waals surface area (Å²) in [7, 11) is 0. The third-order valence-corrected chi connectivity index (χ3v) is 3.62.